The van der Waals surface area contributed by atoms with Crippen molar-refractivity contribution in [3.63, 3.8) is 0 Å². The van der Waals surface area contributed by atoms with Gasteiger partial charge >= 0.3 is 5.97 Å². The number of phenolic OH excluding ortho intramolecular Hbond substituents is 1. The molecule has 1 unspecified atom stereocenters. The van der Waals surface area contributed by atoms with Gasteiger partial charge in [0.2, 0.25) is 0 Å². The highest BCUT2D eigenvalue weighted by atomic mass is 16.4. The number of aliphatic carboxylic acids is 1. The number of carboxylic acids is 1. The molecule has 1 rings (SSSR count). The molecule has 1 aromatic carbocycles. The number of hydrogen-bond acceptors (Lipinski definition) is 3. The van der Waals surface area contributed by atoms with Crippen molar-refractivity contribution in [2.24, 2.45) is 0 Å². The van der Waals surface area contributed by atoms with Crippen LogP contribution in [0.4, 0.5) is 0 Å². The van der Waals surface area contributed by atoms with Crippen molar-refractivity contribution in [3.05, 3.63) is 29.8 Å². The van der Waals surface area contributed by atoms with Crippen LogP contribution in [0, 0.1) is 0 Å². The molecule has 0 aliphatic carbocycles. The summed E-state index contributed by atoms with van der Waals surface area (Å²) in [5.41, 5.74) is 0.872. The molecule has 0 aromatic heterocycles. The molecule has 0 aliphatic rings. The van der Waals surface area contributed by atoms with E-state index >= 15 is 0 Å². The van der Waals surface area contributed by atoms with Gasteiger partial charge in [-0.05, 0) is 24.2 Å². The van der Waals surface area contributed by atoms with E-state index in [4.69, 9.17) is 10.2 Å². The largest absolute Gasteiger partial charge is 0.508 e. The van der Waals surface area contributed by atoms with Crippen LogP contribution in [0.5, 0.6) is 5.75 Å². The Balaban J connectivity index is 2.78. The summed E-state index contributed by atoms with van der Waals surface area (Å²) < 4.78 is 0. The molecule has 0 aliphatic heterocycles. The minimum absolute atomic E-state index is 0.0403. The van der Waals surface area contributed by atoms with Crippen LogP contribution in [0.2, 0.25) is 0 Å². The second kappa shape index (κ2) is 5.36. The zero-order valence-corrected chi connectivity index (χ0v) is 8.60. The Labute approximate surface area is 88.6 Å². The van der Waals surface area contributed by atoms with Crippen molar-refractivity contribution in [2.75, 3.05) is 6.54 Å². The van der Waals surface area contributed by atoms with Crippen molar-refractivity contribution in [1.29, 1.82) is 0 Å². The first-order valence-corrected chi connectivity index (χ1v) is 4.87. The summed E-state index contributed by atoms with van der Waals surface area (Å²) in [4.78, 5) is 10.6. The van der Waals surface area contributed by atoms with E-state index in [9.17, 15) is 4.79 Å². The first-order chi connectivity index (χ1) is 7.13. The number of nitrogens with one attached hydrogen (secondary N) is 1. The maximum absolute atomic E-state index is 10.6. The lowest BCUT2D eigenvalue weighted by atomic mass is 10.0. The number of aromatic hydroxyl groups is 1. The number of carboxylic acid groups (broad SMARTS) is 1. The van der Waals surface area contributed by atoms with Crippen molar-refractivity contribution >= 4 is 5.97 Å². The average molecular weight is 209 g/mol. The van der Waals surface area contributed by atoms with Gasteiger partial charge in [-0.3, -0.25) is 4.79 Å². The molecule has 4 heteroatoms. The second-order valence-electron chi connectivity index (χ2n) is 3.30. The molecule has 1 atom stereocenters. The molecule has 0 spiro atoms. The van der Waals surface area contributed by atoms with Crippen LogP contribution < -0.4 is 5.32 Å². The number of phenols is 1. The van der Waals surface area contributed by atoms with Crippen LogP contribution in [-0.2, 0) is 4.79 Å². The van der Waals surface area contributed by atoms with Gasteiger partial charge in [0.05, 0.1) is 6.42 Å². The molecule has 0 heterocycles. The Hall–Kier alpha value is -1.55. The summed E-state index contributed by atoms with van der Waals surface area (Å²) in [5.74, 6) is -0.654. The highest BCUT2D eigenvalue weighted by Crippen LogP contribution is 2.19. The fourth-order valence-electron chi connectivity index (χ4n) is 1.44. The summed E-state index contributed by atoms with van der Waals surface area (Å²) in [5, 5.41) is 20.9. The van der Waals surface area contributed by atoms with E-state index in [1.807, 2.05) is 6.92 Å². The molecule has 15 heavy (non-hydrogen) atoms. The summed E-state index contributed by atoms with van der Waals surface area (Å²) in [7, 11) is 0. The fraction of sp³-hybridized carbons (Fsp3) is 0.364. The van der Waals surface area contributed by atoms with E-state index in [1.54, 1.807) is 24.3 Å². The van der Waals surface area contributed by atoms with Crippen LogP contribution >= 0.6 is 0 Å². The molecule has 0 bridgehead atoms. The molecule has 82 valence electrons. The predicted molar refractivity (Wildman–Crippen MR) is 56.8 cm³/mol. The van der Waals surface area contributed by atoms with Crippen molar-refractivity contribution in [2.45, 2.75) is 19.4 Å². The quantitative estimate of drug-likeness (QED) is 0.687. The van der Waals surface area contributed by atoms with E-state index < -0.39 is 5.97 Å². The molecule has 0 fully saturated rings. The Kier molecular flexibility index (Phi) is 4.12. The van der Waals surface area contributed by atoms with E-state index in [-0.39, 0.29) is 18.2 Å². The standard InChI is InChI=1S/C11H15NO3/c1-2-12-10(7-11(14)15)8-3-5-9(13)6-4-8/h3-6,10,12-13H,2,7H2,1H3,(H,14,15). The minimum Gasteiger partial charge on any atom is -0.508 e. The van der Waals surface area contributed by atoms with Crippen molar-refractivity contribution < 1.29 is 15.0 Å². The van der Waals surface area contributed by atoms with Gasteiger partial charge in [0.1, 0.15) is 5.75 Å². The van der Waals surface area contributed by atoms with Crippen LogP contribution in [0.25, 0.3) is 0 Å². The number of benzene rings is 1. The van der Waals surface area contributed by atoms with Crippen molar-refractivity contribution in [3.8, 4) is 5.75 Å². The second-order valence-corrected chi connectivity index (χ2v) is 3.30. The monoisotopic (exact) mass is 209 g/mol. The first kappa shape index (κ1) is 11.5. The van der Waals surface area contributed by atoms with Gasteiger partial charge in [0.25, 0.3) is 0 Å². The van der Waals surface area contributed by atoms with Crippen LogP contribution in [-0.4, -0.2) is 22.7 Å². The van der Waals surface area contributed by atoms with Gasteiger partial charge in [0.15, 0.2) is 0 Å². The third-order valence-electron chi connectivity index (χ3n) is 2.12. The third-order valence-corrected chi connectivity index (χ3v) is 2.12. The molecule has 1 aromatic rings. The van der Waals surface area contributed by atoms with E-state index in [2.05, 4.69) is 5.32 Å². The summed E-state index contributed by atoms with van der Waals surface area (Å²) in [6, 6.07) is 6.37. The zero-order chi connectivity index (χ0) is 11.3. The number of rotatable bonds is 5. The van der Waals surface area contributed by atoms with Gasteiger partial charge in [-0.25, -0.2) is 0 Å². The maximum atomic E-state index is 10.6. The van der Waals surface area contributed by atoms with Gasteiger partial charge in [0, 0.05) is 6.04 Å². The molecule has 3 N–H and O–H groups in total. The Morgan fingerprint density at radius 3 is 2.47 bits per heavy atom. The predicted octanol–water partition coefficient (Wildman–Crippen LogP) is 1.52. The van der Waals surface area contributed by atoms with Crippen molar-refractivity contribution in [1.82, 2.24) is 5.32 Å². The topological polar surface area (TPSA) is 69.6 Å². The van der Waals surface area contributed by atoms with Crippen LogP contribution in [0.15, 0.2) is 24.3 Å². The normalized spacial score (nSPS) is 12.3. The lowest BCUT2D eigenvalue weighted by Gasteiger charge is -2.16. The maximum Gasteiger partial charge on any atom is 0.305 e. The van der Waals surface area contributed by atoms with E-state index in [0.717, 1.165) is 5.56 Å². The molecule has 4 nitrogen and oxygen atoms in total. The van der Waals surface area contributed by atoms with E-state index in [1.165, 1.54) is 0 Å². The van der Waals surface area contributed by atoms with Crippen LogP contribution in [0.1, 0.15) is 24.9 Å². The number of hydrogen-bond donors (Lipinski definition) is 3. The lowest BCUT2D eigenvalue weighted by molar-refractivity contribution is -0.137. The van der Waals surface area contributed by atoms with Gasteiger partial charge < -0.3 is 15.5 Å². The Bertz CT molecular complexity index is 321. The van der Waals surface area contributed by atoms with Gasteiger partial charge in [-0.1, -0.05) is 19.1 Å². The molecular weight excluding hydrogens is 194 g/mol. The SMILES string of the molecule is CCNC(CC(=O)O)c1ccc(O)cc1. The fourth-order valence-corrected chi connectivity index (χ4v) is 1.44. The van der Waals surface area contributed by atoms with Crippen LogP contribution in [0.3, 0.4) is 0 Å². The highest BCUT2D eigenvalue weighted by Gasteiger charge is 2.13. The summed E-state index contributed by atoms with van der Waals surface area (Å²) >= 11 is 0. The summed E-state index contributed by atoms with van der Waals surface area (Å²) in [6.07, 6.45) is 0.0403. The lowest BCUT2D eigenvalue weighted by Crippen LogP contribution is -2.23. The third kappa shape index (κ3) is 3.59. The molecule has 0 saturated carbocycles. The van der Waals surface area contributed by atoms with E-state index in [0.29, 0.717) is 6.54 Å². The molecule has 0 amide bonds. The zero-order valence-electron chi connectivity index (χ0n) is 8.60. The Morgan fingerprint density at radius 2 is 2.00 bits per heavy atom. The number of carbonyl (C=O) groups is 1. The minimum atomic E-state index is -0.839. The average Bonchev–Trinajstić information content (AvgIpc) is 2.17. The smallest absolute Gasteiger partial charge is 0.305 e. The first-order valence-electron chi connectivity index (χ1n) is 4.87. The van der Waals surface area contributed by atoms with Gasteiger partial charge in [-0.15, -0.1) is 0 Å². The summed E-state index contributed by atoms with van der Waals surface area (Å²) in [6.45, 7) is 2.63. The van der Waals surface area contributed by atoms with Gasteiger partial charge in [-0.2, -0.15) is 0 Å². The highest BCUT2D eigenvalue weighted by molar-refractivity contribution is 5.68. The Morgan fingerprint density at radius 1 is 1.40 bits per heavy atom. The molecule has 0 radical (unpaired) electrons. The molecular formula is C11H15NO3. The molecule has 0 saturated heterocycles.